The quantitative estimate of drug-likeness (QED) is 0.821. The van der Waals surface area contributed by atoms with Crippen LogP contribution >= 0.6 is 0 Å². The van der Waals surface area contributed by atoms with Crippen molar-refractivity contribution in [1.29, 1.82) is 0 Å². The molecule has 0 saturated heterocycles. The molecule has 0 aromatic carbocycles. The number of aromatic nitrogens is 2. The summed E-state index contributed by atoms with van der Waals surface area (Å²) in [6.45, 7) is 7.23. The Labute approximate surface area is 103 Å². The molecule has 0 aliphatic heterocycles. The molecule has 1 unspecified atom stereocenters. The molecule has 0 aliphatic carbocycles. The molecule has 1 aromatic rings. The van der Waals surface area contributed by atoms with Crippen molar-refractivity contribution in [2.24, 2.45) is 7.05 Å². The number of hydrogen-bond donors (Lipinski definition) is 1. The molecule has 0 bridgehead atoms. The molecular weight excluding hydrogens is 216 g/mol. The van der Waals surface area contributed by atoms with Crippen LogP contribution in [0.2, 0.25) is 0 Å². The molecule has 0 radical (unpaired) electrons. The molecule has 96 valence electrons. The number of aryl methyl sites for hydroxylation is 2. The van der Waals surface area contributed by atoms with E-state index in [9.17, 15) is 4.79 Å². The summed E-state index contributed by atoms with van der Waals surface area (Å²) in [5.41, 5.74) is 2.13. The van der Waals surface area contributed by atoms with Gasteiger partial charge in [0.25, 0.3) is 0 Å². The summed E-state index contributed by atoms with van der Waals surface area (Å²) in [6, 6.07) is -0.167. The fourth-order valence-corrected chi connectivity index (χ4v) is 1.66. The summed E-state index contributed by atoms with van der Waals surface area (Å²) < 4.78 is 1.79. The van der Waals surface area contributed by atoms with Crippen molar-refractivity contribution in [2.75, 3.05) is 13.6 Å². The number of carbonyl (C=O) groups is 1. The van der Waals surface area contributed by atoms with Gasteiger partial charge in [-0.1, -0.05) is 0 Å². The number of likely N-dealkylation sites (N-methyl/N-ethyl adjacent to an activating group) is 1. The van der Waals surface area contributed by atoms with Crippen LogP contribution in [0.3, 0.4) is 0 Å². The van der Waals surface area contributed by atoms with E-state index in [-0.39, 0.29) is 11.9 Å². The van der Waals surface area contributed by atoms with Gasteiger partial charge in [-0.15, -0.1) is 0 Å². The van der Waals surface area contributed by atoms with Crippen molar-refractivity contribution < 1.29 is 4.79 Å². The molecular formula is C12H22N4O. The average Bonchev–Trinajstić information content (AvgIpc) is 2.62. The summed E-state index contributed by atoms with van der Waals surface area (Å²) in [7, 11) is 3.71. The summed E-state index contributed by atoms with van der Waals surface area (Å²) in [5, 5.41) is 7.49. The lowest BCUT2D eigenvalue weighted by molar-refractivity contribution is -0.131. The predicted molar refractivity (Wildman–Crippen MR) is 67.6 cm³/mol. The van der Waals surface area contributed by atoms with Crippen molar-refractivity contribution >= 4 is 5.91 Å². The second-order valence-corrected chi connectivity index (χ2v) is 4.37. The minimum Gasteiger partial charge on any atom is -0.345 e. The van der Waals surface area contributed by atoms with Gasteiger partial charge >= 0.3 is 0 Å². The largest absolute Gasteiger partial charge is 0.345 e. The lowest BCUT2D eigenvalue weighted by Crippen LogP contribution is -2.42. The van der Waals surface area contributed by atoms with Gasteiger partial charge in [0.2, 0.25) is 5.91 Å². The van der Waals surface area contributed by atoms with Crippen LogP contribution in [-0.2, 0) is 18.4 Å². The molecule has 5 heteroatoms. The van der Waals surface area contributed by atoms with Gasteiger partial charge < -0.3 is 10.2 Å². The molecule has 0 fully saturated rings. The fraction of sp³-hybridized carbons (Fsp3) is 0.667. The van der Waals surface area contributed by atoms with Crippen LogP contribution in [0, 0.1) is 6.92 Å². The Balaban J connectivity index is 2.51. The third-order valence-electron chi connectivity index (χ3n) is 2.93. The summed E-state index contributed by atoms with van der Waals surface area (Å²) in [4.78, 5) is 13.5. The van der Waals surface area contributed by atoms with E-state index in [1.54, 1.807) is 9.58 Å². The highest BCUT2D eigenvalue weighted by atomic mass is 16.2. The highest BCUT2D eigenvalue weighted by Gasteiger charge is 2.16. The summed E-state index contributed by atoms with van der Waals surface area (Å²) in [5.74, 6) is 0.119. The average molecular weight is 238 g/mol. The van der Waals surface area contributed by atoms with Crippen LogP contribution in [0.25, 0.3) is 0 Å². The van der Waals surface area contributed by atoms with Crippen molar-refractivity contribution in [3.8, 4) is 0 Å². The number of carbonyl (C=O) groups excluding carboxylic acids is 1. The molecule has 0 aliphatic rings. The van der Waals surface area contributed by atoms with Crippen molar-refractivity contribution in [3.05, 3.63) is 17.5 Å². The standard InChI is InChI=1S/C12H22N4O/c1-6-15(4)12(17)10(3)13-7-11-8-16(5)14-9(11)2/h8,10,13H,6-7H2,1-5H3. The van der Waals surface area contributed by atoms with E-state index in [2.05, 4.69) is 10.4 Å². The van der Waals surface area contributed by atoms with Gasteiger partial charge in [-0.2, -0.15) is 5.10 Å². The van der Waals surface area contributed by atoms with E-state index in [0.29, 0.717) is 6.54 Å². The van der Waals surface area contributed by atoms with Crippen LogP contribution in [0.4, 0.5) is 0 Å². The first-order chi connectivity index (χ1) is 7.95. The zero-order chi connectivity index (χ0) is 13.0. The summed E-state index contributed by atoms with van der Waals surface area (Å²) in [6.07, 6.45) is 1.98. The number of rotatable bonds is 5. The van der Waals surface area contributed by atoms with Gasteiger partial charge in [-0.05, 0) is 20.8 Å². The zero-order valence-electron chi connectivity index (χ0n) is 11.3. The molecule has 5 nitrogen and oxygen atoms in total. The lowest BCUT2D eigenvalue weighted by atomic mass is 10.2. The second-order valence-electron chi connectivity index (χ2n) is 4.37. The highest BCUT2D eigenvalue weighted by molar-refractivity contribution is 5.81. The lowest BCUT2D eigenvalue weighted by Gasteiger charge is -2.20. The van der Waals surface area contributed by atoms with Crippen LogP contribution in [0.1, 0.15) is 25.1 Å². The molecule has 17 heavy (non-hydrogen) atoms. The van der Waals surface area contributed by atoms with Crippen LogP contribution in [-0.4, -0.2) is 40.2 Å². The van der Waals surface area contributed by atoms with Gasteiger partial charge in [0.15, 0.2) is 0 Å². The molecule has 1 amide bonds. The van der Waals surface area contributed by atoms with E-state index in [1.807, 2.05) is 41.1 Å². The Morgan fingerprint density at radius 1 is 1.65 bits per heavy atom. The molecule has 1 aromatic heterocycles. The molecule has 1 N–H and O–H groups in total. The van der Waals surface area contributed by atoms with Crippen LogP contribution in [0.5, 0.6) is 0 Å². The fourth-order valence-electron chi connectivity index (χ4n) is 1.66. The Morgan fingerprint density at radius 2 is 2.29 bits per heavy atom. The second kappa shape index (κ2) is 5.82. The highest BCUT2D eigenvalue weighted by Crippen LogP contribution is 2.04. The number of hydrogen-bond acceptors (Lipinski definition) is 3. The minimum absolute atomic E-state index is 0.119. The monoisotopic (exact) mass is 238 g/mol. The van der Waals surface area contributed by atoms with Crippen molar-refractivity contribution in [2.45, 2.75) is 33.4 Å². The molecule has 1 atom stereocenters. The number of amides is 1. The Kier molecular flexibility index (Phi) is 4.69. The smallest absolute Gasteiger partial charge is 0.239 e. The first-order valence-corrected chi connectivity index (χ1v) is 5.93. The third kappa shape index (κ3) is 3.56. The maximum Gasteiger partial charge on any atom is 0.239 e. The van der Waals surface area contributed by atoms with Crippen molar-refractivity contribution in [1.82, 2.24) is 20.0 Å². The SMILES string of the molecule is CCN(C)C(=O)C(C)NCc1cn(C)nc1C. The third-order valence-corrected chi connectivity index (χ3v) is 2.93. The van der Waals surface area contributed by atoms with E-state index >= 15 is 0 Å². The minimum atomic E-state index is -0.167. The van der Waals surface area contributed by atoms with Gasteiger partial charge in [-0.3, -0.25) is 9.48 Å². The maximum absolute atomic E-state index is 11.8. The zero-order valence-corrected chi connectivity index (χ0v) is 11.3. The summed E-state index contributed by atoms with van der Waals surface area (Å²) >= 11 is 0. The van der Waals surface area contributed by atoms with Crippen LogP contribution < -0.4 is 5.32 Å². The van der Waals surface area contributed by atoms with E-state index in [1.165, 1.54) is 0 Å². The molecule has 1 rings (SSSR count). The van der Waals surface area contributed by atoms with E-state index in [0.717, 1.165) is 17.8 Å². The van der Waals surface area contributed by atoms with Gasteiger partial charge in [0.05, 0.1) is 11.7 Å². The number of nitrogens with one attached hydrogen (secondary N) is 1. The van der Waals surface area contributed by atoms with E-state index in [4.69, 9.17) is 0 Å². The predicted octanol–water partition coefficient (Wildman–Crippen LogP) is 0.685. The molecule has 0 saturated carbocycles. The first kappa shape index (κ1) is 13.7. The van der Waals surface area contributed by atoms with Gasteiger partial charge in [0.1, 0.15) is 0 Å². The first-order valence-electron chi connectivity index (χ1n) is 5.93. The van der Waals surface area contributed by atoms with Gasteiger partial charge in [0, 0.05) is 38.9 Å². The van der Waals surface area contributed by atoms with E-state index < -0.39 is 0 Å². The Bertz CT molecular complexity index is 386. The maximum atomic E-state index is 11.8. The topological polar surface area (TPSA) is 50.2 Å². The molecule has 0 spiro atoms. The van der Waals surface area contributed by atoms with Crippen LogP contribution in [0.15, 0.2) is 6.20 Å². The Morgan fingerprint density at radius 3 is 2.76 bits per heavy atom. The van der Waals surface area contributed by atoms with Gasteiger partial charge in [-0.25, -0.2) is 0 Å². The number of nitrogens with zero attached hydrogens (tertiary/aromatic N) is 3. The normalized spacial score (nSPS) is 12.5. The van der Waals surface area contributed by atoms with Crippen molar-refractivity contribution in [3.63, 3.8) is 0 Å². The molecule has 1 heterocycles. The Hall–Kier alpha value is -1.36.